The summed E-state index contributed by atoms with van der Waals surface area (Å²) in [7, 11) is 0. The van der Waals surface area contributed by atoms with Crippen LogP contribution in [-0.2, 0) is 4.79 Å². The summed E-state index contributed by atoms with van der Waals surface area (Å²) >= 11 is 0. The third-order valence-electron chi connectivity index (χ3n) is 1.63. The molecule has 4 nitrogen and oxygen atoms in total. The molecule has 0 spiro atoms. The van der Waals surface area contributed by atoms with Crippen molar-refractivity contribution in [2.45, 2.75) is 6.92 Å². The third kappa shape index (κ3) is 2.40. The van der Waals surface area contributed by atoms with Gasteiger partial charge in [0.25, 0.3) is 0 Å². The summed E-state index contributed by atoms with van der Waals surface area (Å²) in [6.45, 7) is 1.18. The number of nitrogens with two attached hydrogens (primary N) is 1. The second-order valence-corrected chi connectivity index (χ2v) is 2.72. The maximum absolute atomic E-state index is 11.3. The number of rotatable bonds is 3. The Morgan fingerprint density at radius 3 is 2.57 bits per heavy atom. The normalized spacial score (nSPS) is 9.57. The summed E-state index contributed by atoms with van der Waals surface area (Å²) in [5.74, 6) is -0.445. The molecule has 0 atom stereocenters. The first-order chi connectivity index (χ1) is 6.65. The number of esters is 1. The molecule has 1 aromatic carbocycles. The molecule has 0 fully saturated rings. The van der Waals surface area contributed by atoms with Crippen LogP contribution in [0.15, 0.2) is 24.3 Å². The topological polar surface area (TPSA) is 69.4 Å². The molecule has 0 saturated heterocycles. The van der Waals surface area contributed by atoms with E-state index in [1.54, 1.807) is 24.3 Å². The molecule has 0 aliphatic rings. The van der Waals surface area contributed by atoms with Crippen LogP contribution in [0.25, 0.3) is 0 Å². The van der Waals surface area contributed by atoms with E-state index in [9.17, 15) is 9.59 Å². The Kier molecular flexibility index (Phi) is 3.36. The highest BCUT2D eigenvalue weighted by Crippen LogP contribution is 2.18. The van der Waals surface area contributed by atoms with Crippen LogP contribution in [-0.4, -0.2) is 18.3 Å². The number of carbonyl (C=O) groups is 2. The molecule has 0 amide bonds. The minimum atomic E-state index is -0.456. The van der Waals surface area contributed by atoms with Gasteiger partial charge in [-0.2, -0.15) is 0 Å². The lowest BCUT2D eigenvalue weighted by molar-refractivity contribution is -0.131. The Morgan fingerprint density at radius 1 is 1.36 bits per heavy atom. The van der Waals surface area contributed by atoms with E-state index in [0.717, 1.165) is 0 Å². The zero-order chi connectivity index (χ0) is 10.6. The van der Waals surface area contributed by atoms with Gasteiger partial charge in [0.15, 0.2) is 5.78 Å². The van der Waals surface area contributed by atoms with E-state index in [1.807, 2.05) is 0 Å². The van der Waals surface area contributed by atoms with E-state index in [2.05, 4.69) is 0 Å². The number of para-hydroxylation sites is 1. The van der Waals surface area contributed by atoms with Crippen molar-refractivity contribution in [3.8, 4) is 5.75 Å². The number of ketones is 1. The van der Waals surface area contributed by atoms with Gasteiger partial charge < -0.3 is 10.5 Å². The molecule has 0 bridgehead atoms. The van der Waals surface area contributed by atoms with Crippen LogP contribution in [0.1, 0.15) is 17.3 Å². The van der Waals surface area contributed by atoms with Gasteiger partial charge in [0.2, 0.25) is 0 Å². The first-order valence-electron chi connectivity index (χ1n) is 4.16. The molecule has 0 heterocycles. The van der Waals surface area contributed by atoms with Crippen molar-refractivity contribution in [3.05, 3.63) is 29.8 Å². The van der Waals surface area contributed by atoms with E-state index in [0.29, 0.717) is 5.56 Å². The lowest BCUT2D eigenvalue weighted by atomic mass is 10.1. The molecule has 2 N–H and O–H groups in total. The Bertz CT molecular complexity index is 360. The average molecular weight is 193 g/mol. The van der Waals surface area contributed by atoms with Gasteiger partial charge in [-0.15, -0.1) is 0 Å². The Balaban J connectivity index is 3.02. The number of benzene rings is 1. The van der Waals surface area contributed by atoms with Gasteiger partial charge in [0, 0.05) is 6.92 Å². The van der Waals surface area contributed by atoms with Crippen molar-refractivity contribution in [2.24, 2.45) is 5.73 Å². The van der Waals surface area contributed by atoms with E-state index in [-0.39, 0.29) is 18.1 Å². The lowest BCUT2D eigenvalue weighted by Crippen LogP contribution is -2.15. The lowest BCUT2D eigenvalue weighted by Gasteiger charge is -2.05. The second kappa shape index (κ2) is 4.53. The molecule has 0 aliphatic carbocycles. The largest absolute Gasteiger partial charge is 0.426 e. The minimum Gasteiger partial charge on any atom is -0.426 e. The highest BCUT2D eigenvalue weighted by atomic mass is 16.5. The van der Waals surface area contributed by atoms with Crippen LogP contribution in [0.3, 0.4) is 0 Å². The molecule has 74 valence electrons. The summed E-state index contributed by atoms with van der Waals surface area (Å²) < 4.78 is 4.85. The van der Waals surface area contributed by atoms with Crippen molar-refractivity contribution >= 4 is 11.8 Å². The fourth-order valence-corrected chi connectivity index (χ4v) is 1.05. The molecule has 14 heavy (non-hydrogen) atoms. The first-order valence-corrected chi connectivity index (χ1v) is 4.16. The SMILES string of the molecule is CC(=O)Oc1ccccc1C(=O)CN. The van der Waals surface area contributed by atoms with E-state index < -0.39 is 5.97 Å². The van der Waals surface area contributed by atoms with Gasteiger partial charge in [-0.25, -0.2) is 0 Å². The fourth-order valence-electron chi connectivity index (χ4n) is 1.05. The van der Waals surface area contributed by atoms with Crippen LogP contribution < -0.4 is 10.5 Å². The van der Waals surface area contributed by atoms with Crippen LogP contribution in [0, 0.1) is 0 Å². The molecular weight excluding hydrogens is 182 g/mol. The van der Waals surface area contributed by atoms with Crippen molar-refractivity contribution in [1.29, 1.82) is 0 Å². The van der Waals surface area contributed by atoms with Crippen molar-refractivity contribution in [1.82, 2.24) is 0 Å². The summed E-state index contributed by atoms with van der Waals surface area (Å²) in [6.07, 6.45) is 0. The molecule has 1 aromatic rings. The average Bonchev–Trinajstić information content (AvgIpc) is 2.16. The Labute approximate surface area is 81.7 Å². The van der Waals surface area contributed by atoms with Crippen LogP contribution in [0.2, 0.25) is 0 Å². The van der Waals surface area contributed by atoms with Gasteiger partial charge >= 0.3 is 5.97 Å². The fraction of sp³-hybridized carbons (Fsp3) is 0.200. The molecule has 4 heteroatoms. The van der Waals surface area contributed by atoms with E-state index in [1.165, 1.54) is 6.92 Å². The van der Waals surface area contributed by atoms with Crippen LogP contribution in [0.5, 0.6) is 5.75 Å². The number of hydrogen-bond acceptors (Lipinski definition) is 4. The summed E-state index contributed by atoms with van der Waals surface area (Å²) in [5.41, 5.74) is 5.55. The van der Waals surface area contributed by atoms with E-state index in [4.69, 9.17) is 10.5 Å². The molecule has 0 aliphatic heterocycles. The van der Waals surface area contributed by atoms with Crippen molar-refractivity contribution < 1.29 is 14.3 Å². The third-order valence-corrected chi connectivity index (χ3v) is 1.63. The summed E-state index contributed by atoms with van der Waals surface area (Å²) in [4.78, 5) is 22.0. The smallest absolute Gasteiger partial charge is 0.308 e. The van der Waals surface area contributed by atoms with Gasteiger partial charge in [-0.1, -0.05) is 12.1 Å². The maximum atomic E-state index is 11.3. The monoisotopic (exact) mass is 193 g/mol. The van der Waals surface area contributed by atoms with Crippen LogP contribution in [0.4, 0.5) is 0 Å². The molecule has 1 rings (SSSR count). The second-order valence-electron chi connectivity index (χ2n) is 2.72. The summed E-state index contributed by atoms with van der Waals surface area (Å²) in [5, 5.41) is 0. The Morgan fingerprint density at radius 2 is 2.00 bits per heavy atom. The van der Waals surface area contributed by atoms with Crippen molar-refractivity contribution in [3.63, 3.8) is 0 Å². The summed E-state index contributed by atoms with van der Waals surface area (Å²) in [6, 6.07) is 6.51. The molecule has 0 radical (unpaired) electrons. The standard InChI is InChI=1S/C10H11NO3/c1-7(12)14-10-5-3-2-4-8(10)9(13)6-11/h2-5H,6,11H2,1H3. The molecule has 0 unspecified atom stereocenters. The maximum Gasteiger partial charge on any atom is 0.308 e. The highest BCUT2D eigenvalue weighted by Gasteiger charge is 2.11. The van der Waals surface area contributed by atoms with E-state index >= 15 is 0 Å². The van der Waals surface area contributed by atoms with Gasteiger partial charge in [-0.3, -0.25) is 9.59 Å². The first kappa shape index (κ1) is 10.4. The van der Waals surface area contributed by atoms with Gasteiger partial charge in [-0.05, 0) is 12.1 Å². The minimum absolute atomic E-state index is 0.0989. The number of Topliss-reactive ketones (excluding diaryl/α,β-unsaturated/α-hetero) is 1. The molecule has 0 saturated carbocycles. The molecule has 0 aromatic heterocycles. The van der Waals surface area contributed by atoms with Gasteiger partial charge in [0.1, 0.15) is 5.75 Å². The zero-order valence-electron chi connectivity index (χ0n) is 7.82. The predicted molar refractivity (Wildman–Crippen MR) is 51.1 cm³/mol. The quantitative estimate of drug-likeness (QED) is 0.437. The van der Waals surface area contributed by atoms with Crippen LogP contribution >= 0.6 is 0 Å². The Hall–Kier alpha value is -1.68. The highest BCUT2D eigenvalue weighted by molar-refractivity contribution is 6.00. The van der Waals surface area contributed by atoms with Crippen molar-refractivity contribution in [2.75, 3.05) is 6.54 Å². The number of hydrogen-bond donors (Lipinski definition) is 1. The number of carbonyl (C=O) groups excluding carboxylic acids is 2. The van der Waals surface area contributed by atoms with Gasteiger partial charge in [0.05, 0.1) is 12.1 Å². The zero-order valence-corrected chi connectivity index (χ0v) is 7.82. The molecular formula is C10H11NO3. The predicted octanol–water partition coefficient (Wildman–Crippen LogP) is 0.753. The number of ether oxygens (including phenoxy) is 1.